The molecule has 6 heteroatoms. The van der Waals surface area contributed by atoms with Crippen molar-refractivity contribution in [3.63, 3.8) is 0 Å². The van der Waals surface area contributed by atoms with Crippen molar-refractivity contribution >= 4 is 24.4 Å². The average molecular weight is 450 g/mol. The van der Waals surface area contributed by atoms with Crippen LogP contribution in [0.15, 0.2) is 60.7 Å². The normalized spacial score (nSPS) is 11.6. The third kappa shape index (κ3) is 4.68. The number of aryl methyl sites for hydroxylation is 2. The van der Waals surface area contributed by atoms with Gasteiger partial charge >= 0.3 is 0 Å². The lowest BCUT2D eigenvalue weighted by atomic mass is 10.0. The summed E-state index contributed by atoms with van der Waals surface area (Å²) in [5, 5.41) is 0.160. The van der Waals surface area contributed by atoms with Gasteiger partial charge in [0.05, 0.1) is 18.8 Å². The van der Waals surface area contributed by atoms with Crippen LogP contribution in [0.1, 0.15) is 51.3 Å². The molecule has 0 heterocycles. The van der Waals surface area contributed by atoms with E-state index < -0.39 is 13.3 Å². The van der Waals surface area contributed by atoms with Gasteiger partial charge in [-0.15, -0.1) is 0 Å². The molecule has 0 saturated heterocycles. The van der Waals surface area contributed by atoms with E-state index in [2.05, 4.69) is 0 Å². The Hall–Kier alpha value is -3.17. The zero-order chi connectivity index (χ0) is 23.3. The van der Waals surface area contributed by atoms with Crippen molar-refractivity contribution in [1.29, 1.82) is 0 Å². The monoisotopic (exact) mass is 450 g/mol. The lowest BCUT2D eigenvalue weighted by Crippen LogP contribution is -2.18. The average Bonchev–Trinajstić information content (AvgIpc) is 2.79. The first-order valence-corrected chi connectivity index (χ1v) is 12.0. The van der Waals surface area contributed by atoms with Crippen molar-refractivity contribution in [3.05, 3.63) is 88.5 Å². The van der Waals surface area contributed by atoms with Gasteiger partial charge in [-0.2, -0.15) is 0 Å². The van der Waals surface area contributed by atoms with E-state index in [1.54, 1.807) is 50.2 Å². The summed E-state index contributed by atoms with van der Waals surface area (Å²) in [5.41, 5.74) is 2.19. The molecule has 0 saturated carbocycles. The van der Waals surface area contributed by atoms with E-state index in [1.165, 1.54) is 0 Å². The Morgan fingerprint density at radius 2 is 1.44 bits per heavy atom. The summed E-state index contributed by atoms with van der Waals surface area (Å²) in [6, 6.07) is 17.5. The maximum atomic E-state index is 13.7. The van der Waals surface area contributed by atoms with E-state index in [0.29, 0.717) is 23.5 Å². The molecule has 0 aliphatic carbocycles. The molecule has 0 fully saturated rings. The zero-order valence-electron chi connectivity index (χ0n) is 18.7. The molecule has 1 atom stereocenters. The minimum absolute atomic E-state index is 0.149. The molecule has 0 bridgehead atoms. The number of benzene rings is 3. The predicted molar refractivity (Wildman–Crippen MR) is 128 cm³/mol. The summed E-state index contributed by atoms with van der Waals surface area (Å²) < 4.78 is 25.3. The Kier molecular flexibility index (Phi) is 7.66. The summed E-state index contributed by atoms with van der Waals surface area (Å²) in [4.78, 5) is 26.6. The molecule has 0 N–H and O–H groups in total. The topological polar surface area (TPSA) is 69.7 Å². The molecular weight excluding hydrogens is 423 g/mol. The Labute approximate surface area is 189 Å². The van der Waals surface area contributed by atoms with Gasteiger partial charge in [-0.25, -0.2) is 0 Å². The van der Waals surface area contributed by atoms with Crippen molar-refractivity contribution < 1.29 is 23.6 Å². The SMILES string of the molecule is CCOc1ccc(C(=O)c2ccccc2)c(OCC)c1[PH](=O)C(=O)c1c(C)cccc1C. The van der Waals surface area contributed by atoms with Gasteiger partial charge in [-0.1, -0.05) is 48.5 Å². The molecule has 5 nitrogen and oxygen atoms in total. The van der Waals surface area contributed by atoms with Gasteiger partial charge in [0.2, 0.25) is 5.52 Å². The third-order valence-electron chi connectivity index (χ3n) is 5.13. The maximum Gasteiger partial charge on any atom is 0.223 e. The number of carbonyl (C=O) groups is 2. The highest BCUT2D eigenvalue weighted by Gasteiger charge is 2.30. The van der Waals surface area contributed by atoms with E-state index in [0.717, 1.165) is 11.1 Å². The van der Waals surface area contributed by atoms with Crippen LogP contribution in [0.25, 0.3) is 0 Å². The van der Waals surface area contributed by atoms with Crippen LogP contribution in [0.3, 0.4) is 0 Å². The van der Waals surface area contributed by atoms with E-state index in [1.807, 2.05) is 38.1 Å². The van der Waals surface area contributed by atoms with Gasteiger partial charge in [0.15, 0.2) is 13.6 Å². The Morgan fingerprint density at radius 1 is 0.812 bits per heavy atom. The Morgan fingerprint density at radius 3 is 2.03 bits per heavy atom. The van der Waals surface area contributed by atoms with Gasteiger partial charge in [-0.3, -0.25) is 9.59 Å². The summed E-state index contributed by atoms with van der Waals surface area (Å²) >= 11 is 0. The smallest absolute Gasteiger partial charge is 0.223 e. The van der Waals surface area contributed by atoms with Crippen LogP contribution in [0.5, 0.6) is 11.5 Å². The van der Waals surface area contributed by atoms with E-state index in [4.69, 9.17) is 9.47 Å². The zero-order valence-corrected chi connectivity index (χ0v) is 19.7. The molecule has 0 aliphatic rings. The molecule has 1 unspecified atom stereocenters. The molecule has 0 spiro atoms. The number of ether oxygens (including phenoxy) is 2. The highest BCUT2D eigenvalue weighted by atomic mass is 31.1. The highest BCUT2D eigenvalue weighted by Crippen LogP contribution is 2.39. The fourth-order valence-electron chi connectivity index (χ4n) is 3.67. The minimum atomic E-state index is -3.07. The van der Waals surface area contributed by atoms with Crippen molar-refractivity contribution in [2.24, 2.45) is 0 Å². The molecule has 3 aromatic rings. The van der Waals surface area contributed by atoms with Crippen molar-refractivity contribution in [3.8, 4) is 11.5 Å². The summed E-state index contributed by atoms with van der Waals surface area (Å²) in [7, 11) is -3.07. The van der Waals surface area contributed by atoms with E-state index in [-0.39, 0.29) is 29.0 Å². The maximum absolute atomic E-state index is 13.7. The van der Waals surface area contributed by atoms with E-state index in [9.17, 15) is 14.2 Å². The lowest BCUT2D eigenvalue weighted by molar-refractivity contribution is 0.103. The van der Waals surface area contributed by atoms with Crippen LogP contribution in [0.2, 0.25) is 0 Å². The molecule has 3 rings (SSSR count). The number of hydrogen-bond acceptors (Lipinski definition) is 5. The molecule has 0 amide bonds. The second-order valence-electron chi connectivity index (χ2n) is 7.30. The summed E-state index contributed by atoms with van der Waals surface area (Å²) in [6.45, 7) is 7.77. The Bertz CT molecular complexity index is 1150. The van der Waals surface area contributed by atoms with E-state index >= 15 is 0 Å². The van der Waals surface area contributed by atoms with Gasteiger partial charge in [0.25, 0.3) is 0 Å². The van der Waals surface area contributed by atoms with Gasteiger partial charge in [0.1, 0.15) is 16.8 Å². The van der Waals surface area contributed by atoms with Crippen LogP contribution >= 0.6 is 7.80 Å². The van der Waals surface area contributed by atoms with Gasteiger partial charge in [-0.05, 0) is 51.0 Å². The second kappa shape index (κ2) is 10.4. The minimum Gasteiger partial charge on any atom is -0.493 e. The molecule has 0 aromatic heterocycles. The fraction of sp³-hybridized carbons (Fsp3) is 0.231. The number of carbonyl (C=O) groups excluding carboxylic acids is 2. The molecule has 3 aromatic carbocycles. The lowest BCUT2D eigenvalue weighted by Gasteiger charge is -2.18. The largest absolute Gasteiger partial charge is 0.493 e. The predicted octanol–water partition coefficient (Wildman–Crippen LogP) is 5.36. The van der Waals surface area contributed by atoms with Crippen LogP contribution < -0.4 is 14.8 Å². The number of hydrogen-bond donors (Lipinski definition) is 0. The molecule has 0 radical (unpaired) electrons. The Balaban J connectivity index is 2.21. The van der Waals surface area contributed by atoms with Crippen LogP contribution in [-0.4, -0.2) is 24.5 Å². The summed E-state index contributed by atoms with van der Waals surface area (Å²) in [6.07, 6.45) is 0. The first kappa shape index (κ1) is 23.5. The third-order valence-corrected chi connectivity index (χ3v) is 6.72. The molecule has 0 aliphatic heterocycles. The highest BCUT2D eigenvalue weighted by molar-refractivity contribution is 7.72. The quantitative estimate of drug-likeness (QED) is 0.324. The second-order valence-corrected chi connectivity index (χ2v) is 8.91. The molecule has 32 heavy (non-hydrogen) atoms. The first-order valence-electron chi connectivity index (χ1n) is 10.6. The molecular formula is C26H27O5P. The number of rotatable bonds is 9. The summed E-state index contributed by atoms with van der Waals surface area (Å²) in [5.74, 6) is 0.174. The van der Waals surface area contributed by atoms with Crippen molar-refractivity contribution in [1.82, 2.24) is 0 Å². The first-order chi connectivity index (χ1) is 15.4. The fourth-order valence-corrected chi connectivity index (χ4v) is 5.31. The van der Waals surface area contributed by atoms with Crippen LogP contribution in [0.4, 0.5) is 0 Å². The van der Waals surface area contributed by atoms with Gasteiger partial charge < -0.3 is 14.0 Å². The van der Waals surface area contributed by atoms with Gasteiger partial charge in [0, 0.05) is 11.1 Å². The van der Waals surface area contributed by atoms with Crippen molar-refractivity contribution in [2.45, 2.75) is 27.7 Å². The van der Waals surface area contributed by atoms with Crippen LogP contribution in [-0.2, 0) is 4.57 Å². The number of ketones is 1. The molecule has 166 valence electrons. The van der Waals surface area contributed by atoms with Crippen LogP contribution in [0, 0.1) is 13.8 Å². The van der Waals surface area contributed by atoms with Crippen molar-refractivity contribution in [2.75, 3.05) is 13.2 Å². The standard InChI is InChI=1S/C26H27O5P/c1-5-30-21-16-15-20(23(27)19-13-8-7-9-14-19)24(31-6-2)25(21)32(29)26(28)22-17(3)11-10-12-18(22)4/h7-16,32H,5-6H2,1-4H3.